The summed E-state index contributed by atoms with van der Waals surface area (Å²) >= 11 is 0. The van der Waals surface area contributed by atoms with Crippen LogP contribution in [0.3, 0.4) is 0 Å². The molecule has 1 heterocycles. The first-order chi connectivity index (χ1) is 26.3. The quantitative estimate of drug-likeness (QED) is 0.0541. The van der Waals surface area contributed by atoms with Gasteiger partial charge in [-0.25, -0.2) is 8.78 Å². The fourth-order valence-corrected chi connectivity index (χ4v) is 7.48. The first kappa shape index (κ1) is 41.1. The Labute approximate surface area is 318 Å². The zero-order chi connectivity index (χ0) is 39.8. The van der Waals surface area contributed by atoms with Crippen molar-refractivity contribution >= 4 is 47.6 Å². The molecule has 0 bridgehead atoms. The van der Waals surface area contributed by atoms with Crippen LogP contribution in [0.2, 0.25) is 0 Å². The number of rotatable bonds is 19. The number of hydrogen-bond acceptors (Lipinski definition) is 10. The van der Waals surface area contributed by atoms with Crippen molar-refractivity contribution in [1.82, 2.24) is 9.88 Å². The van der Waals surface area contributed by atoms with Gasteiger partial charge in [-0.15, -0.1) is 0 Å². The summed E-state index contributed by atoms with van der Waals surface area (Å²) in [6.07, 6.45) is 2.31. The number of amides is 3. The van der Waals surface area contributed by atoms with Gasteiger partial charge in [-0.3, -0.25) is 23.9 Å². The summed E-state index contributed by atoms with van der Waals surface area (Å²) in [6.45, 7) is 7.67. The monoisotopic (exact) mass is 782 g/mol. The van der Waals surface area contributed by atoms with Gasteiger partial charge in [-0.2, -0.15) is 0 Å². The number of carbonyl (C=O) groups excluding carboxylic acids is 3. The predicted molar refractivity (Wildman–Crippen MR) is 202 cm³/mol. The van der Waals surface area contributed by atoms with E-state index in [-0.39, 0.29) is 61.7 Å². The van der Waals surface area contributed by atoms with Crippen LogP contribution in [0.15, 0.2) is 66.9 Å². The fourth-order valence-electron chi connectivity index (χ4n) is 5.76. The van der Waals surface area contributed by atoms with Gasteiger partial charge < -0.3 is 38.8 Å². The third-order valence-electron chi connectivity index (χ3n) is 8.75. The van der Waals surface area contributed by atoms with Gasteiger partial charge in [0.25, 0.3) is 0 Å². The molecule has 0 spiro atoms. The molecule has 1 aliphatic rings. The largest absolute Gasteiger partial charge is 0.493 e. The van der Waals surface area contributed by atoms with Crippen molar-refractivity contribution in [2.24, 2.45) is 11.3 Å². The van der Waals surface area contributed by atoms with E-state index >= 15 is 4.39 Å². The number of nitrogens with one attached hydrogen (secondary N) is 2. The van der Waals surface area contributed by atoms with Gasteiger partial charge in [0.2, 0.25) is 17.7 Å². The van der Waals surface area contributed by atoms with E-state index in [1.54, 1.807) is 45.9 Å². The summed E-state index contributed by atoms with van der Waals surface area (Å²) in [4.78, 5) is 44.9. The number of pyridine rings is 1. The Hall–Kier alpha value is -5.11. The third-order valence-corrected chi connectivity index (χ3v) is 10.7. The van der Waals surface area contributed by atoms with Crippen LogP contribution in [-0.2, 0) is 28.0 Å². The lowest BCUT2D eigenvalue weighted by molar-refractivity contribution is -0.134. The summed E-state index contributed by atoms with van der Waals surface area (Å²) in [5.41, 5.74) is -0.358. The number of ether oxygens (including phenoxy) is 3. The van der Waals surface area contributed by atoms with Crippen LogP contribution < -0.4 is 24.8 Å². The van der Waals surface area contributed by atoms with Gasteiger partial charge >= 0.3 is 7.60 Å². The summed E-state index contributed by atoms with van der Waals surface area (Å²) in [5.74, 6) is -2.02. The van der Waals surface area contributed by atoms with E-state index in [9.17, 15) is 23.3 Å². The van der Waals surface area contributed by atoms with Crippen molar-refractivity contribution < 1.29 is 51.0 Å². The minimum Gasteiger partial charge on any atom is -0.493 e. The zero-order valence-corrected chi connectivity index (χ0v) is 32.3. The molecule has 0 saturated heterocycles. The standard InChI is InChI=1S/C39H45F2N4O9P/c1-6-52-55(49,53-7-2)24-45(36(46)25(3)4)19-8-20-51-35-22-29-31(23-34(35)50-5)42-18-15-32(29)54-33-14-13-28(21-30(33)41)44-38(48)39(16-17-39)37(47)43-27-11-9-26(40)10-12-27/h9-15,18,21-23,25H,6-8,16-17,19-20,24H2,1-5H3,(H,43,47)(H,44,48). The first-order valence-electron chi connectivity index (χ1n) is 17.9. The molecule has 1 aliphatic carbocycles. The highest BCUT2D eigenvalue weighted by Crippen LogP contribution is 2.49. The van der Waals surface area contributed by atoms with Crippen LogP contribution in [0.1, 0.15) is 47.0 Å². The number of benzene rings is 3. The van der Waals surface area contributed by atoms with Gasteiger partial charge in [-0.05, 0) is 81.6 Å². The lowest BCUT2D eigenvalue weighted by Crippen LogP contribution is -2.37. The Morgan fingerprint density at radius 3 is 2.13 bits per heavy atom. The molecular weight excluding hydrogens is 737 g/mol. The molecule has 0 aliphatic heterocycles. The topological polar surface area (TPSA) is 155 Å². The summed E-state index contributed by atoms with van der Waals surface area (Å²) in [6, 6.07) is 14.0. The smallest absolute Gasteiger partial charge is 0.349 e. The van der Waals surface area contributed by atoms with Crippen LogP contribution in [-0.4, -0.2) is 67.4 Å². The van der Waals surface area contributed by atoms with Crippen molar-refractivity contribution in [2.45, 2.75) is 47.0 Å². The van der Waals surface area contributed by atoms with Crippen LogP contribution in [0.4, 0.5) is 20.2 Å². The van der Waals surface area contributed by atoms with E-state index in [4.69, 9.17) is 23.3 Å². The molecule has 16 heteroatoms. The second-order valence-corrected chi connectivity index (χ2v) is 15.1. The van der Waals surface area contributed by atoms with E-state index in [0.29, 0.717) is 47.4 Å². The van der Waals surface area contributed by atoms with Crippen LogP contribution in [0.25, 0.3) is 10.9 Å². The van der Waals surface area contributed by atoms with E-state index in [1.807, 2.05) is 0 Å². The van der Waals surface area contributed by atoms with Crippen LogP contribution in [0, 0.1) is 23.0 Å². The normalized spacial score (nSPS) is 13.3. The first-order valence-corrected chi connectivity index (χ1v) is 19.7. The maximum atomic E-state index is 15.4. The molecule has 55 heavy (non-hydrogen) atoms. The van der Waals surface area contributed by atoms with E-state index < -0.39 is 36.5 Å². The van der Waals surface area contributed by atoms with Crippen molar-refractivity contribution in [3.8, 4) is 23.0 Å². The Morgan fingerprint density at radius 1 is 0.873 bits per heavy atom. The molecule has 1 fully saturated rings. The maximum absolute atomic E-state index is 15.4. The van der Waals surface area contributed by atoms with Gasteiger partial charge in [0, 0.05) is 47.6 Å². The van der Waals surface area contributed by atoms with E-state index in [0.717, 1.165) is 6.07 Å². The maximum Gasteiger partial charge on any atom is 0.349 e. The van der Waals surface area contributed by atoms with Crippen molar-refractivity contribution in [1.29, 1.82) is 0 Å². The number of fused-ring (bicyclic) bond motifs is 1. The molecule has 13 nitrogen and oxygen atoms in total. The Bertz CT molecular complexity index is 2050. The highest BCUT2D eigenvalue weighted by atomic mass is 31.2. The lowest BCUT2D eigenvalue weighted by atomic mass is 10.0. The summed E-state index contributed by atoms with van der Waals surface area (Å²) < 4.78 is 70.4. The van der Waals surface area contributed by atoms with Crippen LogP contribution in [0.5, 0.6) is 23.0 Å². The zero-order valence-electron chi connectivity index (χ0n) is 31.4. The number of nitrogens with zero attached hydrogens (tertiary/aromatic N) is 2. The molecule has 1 aromatic heterocycles. The number of hydrogen-bond donors (Lipinski definition) is 2. The molecule has 3 amide bonds. The third kappa shape index (κ3) is 10.2. The molecule has 0 atom stereocenters. The van der Waals surface area contributed by atoms with Crippen LogP contribution >= 0.6 is 7.60 Å². The van der Waals surface area contributed by atoms with Crippen molar-refractivity contribution in [2.75, 3.05) is 50.4 Å². The fraction of sp³-hybridized carbons (Fsp3) is 0.385. The highest BCUT2D eigenvalue weighted by molar-refractivity contribution is 7.53. The Balaban J connectivity index is 1.25. The minimum atomic E-state index is -3.53. The van der Waals surface area contributed by atoms with E-state index in [2.05, 4.69) is 15.6 Å². The Kier molecular flexibility index (Phi) is 13.5. The van der Waals surface area contributed by atoms with Gasteiger partial charge in [0.1, 0.15) is 23.3 Å². The average molecular weight is 783 g/mol. The highest BCUT2D eigenvalue weighted by Gasteiger charge is 2.56. The molecule has 5 rings (SSSR count). The molecule has 2 N–H and O–H groups in total. The number of methoxy groups -OCH3 is 1. The number of halogens is 2. The average Bonchev–Trinajstić information content (AvgIpc) is 3.97. The molecule has 294 valence electrons. The molecular formula is C39H45F2N4O9P. The van der Waals surface area contributed by atoms with Gasteiger partial charge in [-0.1, -0.05) is 13.8 Å². The molecule has 1 saturated carbocycles. The SMILES string of the molecule is CCOP(=O)(CN(CCCOc1cc2c(Oc3ccc(NC(=O)C4(C(=O)Nc5ccc(F)cc5)CC4)cc3F)ccnc2cc1OC)C(=O)C(C)C)OCC. The Morgan fingerprint density at radius 2 is 1.53 bits per heavy atom. The number of carbonyl (C=O) groups is 3. The molecule has 3 aromatic carbocycles. The lowest BCUT2D eigenvalue weighted by Gasteiger charge is -2.28. The second-order valence-electron chi connectivity index (χ2n) is 13.1. The predicted octanol–water partition coefficient (Wildman–Crippen LogP) is 8.15. The van der Waals surface area contributed by atoms with Crippen molar-refractivity contribution in [3.05, 3.63) is 78.5 Å². The molecule has 0 unspecified atom stereocenters. The molecule has 0 radical (unpaired) electrons. The number of aromatic nitrogens is 1. The minimum absolute atomic E-state index is 0.128. The van der Waals surface area contributed by atoms with Gasteiger partial charge in [0.05, 0.1) is 32.4 Å². The summed E-state index contributed by atoms with van der Waals surface area (Å²) in [7, 11) is -2.05. The molecule has 4 aromatic rings. The second kappa shape index (κ2) is 18.0. The van der Waals surface area contributed by atoms with E-state index in [1.165, 1.54) is 54.6 Å². The van der Waals surface area contributed by atoms with Gasteiger partial charge in [0.15, 0.2) is 23.1 Å². The van der Waals surface area contributed by atoms with Crippen molar-refractivity contribution in [3.63, 3.8) is 0 Å². The number of anilines is 2. The summed E-state index contributed by atoms with van der Waals surface area (Å²) in [5, 5.41) is 5.75.